The average molecular weight is 441 g/mol. The summed E-state index contributed by atoms with van der Waals surface area (Å²) in [4.78, 5) is 13.2. The van der Waals surface area contributed by atoms with E-state index in [0.29, 0.717) is 43.3 Å². The number of hydrogen-bond donors (Lipinski definition) is 1. The molecule has 0 bridgehead atoms. The zero-order valence-electron chi connectivity index (χ0n) is 17.2. The van der Waals surface area contributed by atoms with Crippen molar-refractivity contribution in [2.75, 3.05) is 42.9 Å². The standard InChI is InChI=1S/C22H24N4O4S/c1-2-23-21-16-19(8-10-22(21)26(27)28)24-11-13-25(14-12-24)31(29,30)20-9-7-17-5-3-4-6-18(17)15-20/h3-10,15-16,23H,2,11-14H2,1H3. The zero-order chi connectivity index (χ0) is 22.0. The molecule has 1 heterocycles. The van der Waals surface area contributed by atoms with Gasteiger partial charge in [-0.3, -0.25) is 10.1 Å². The van der Waals surface area contributed by atoms with Crippen LogP contribution < -0.4 is 10.2 Å². The fourth-order valence-corrected chi connectivity index (χ4v) is 5.33. The van der Waals surface area contributed by atoms with Gasteiger partial charge in [-0.25, -0.2) is 8.42 Å². The SMILES string of the molecule is CCNc1cc(N2CCN(S(=O)(=O)c3ccc4ccccc4c3)CC2)ccc1[N+](=O)[O-]. The summed E-state index contributed by atoms with van der Waals surface area (Å²) >= 11 is 0. The van der Waals surface area contributed by atoms with Gasteiger partial charge in [0.2, 0.25) is 10.0 Å². The van der Waals surface area contributed by atoms with Gasteiger partial charge >= 0.3 is 0 Å². The van der Waals surface area contributed by atoms with Crippen molar-refractivity contribution in [2.24, 2.45) is 0 Å². The minimum atomic E-state index is -3.59. The monoisotopic (exact) mass is 440 g/mol. The number of sulfonamides is 1. The summed E-state index contributed by atoms with van der Waals surface area (Å²) in [5, 5.41) is 16.2. The Kier molecular flexibility index (Phi) is 5.79. The van der Waals surface area contributed by atoms with Crippen molar-refractivity contribution in [1.29, 1.82) is 0 Å². The number of hydrogen-bond acceptors (Lipinski definition) is 6. The number of fused-ring (bicyclic) bond motifs is 1. The number of nitrogens with one attached hydrogen (secondary N) is 1. The van der Waals surface area contributed by atoms with Crippen LogP contribution in [0.15, 0.2) is 65.6 Å². The van der Waals surface area contributed by atoms with E-state index in [0.717, 1.165) is 16.5 Å². The summed E-state index contributed by atoms with van der Waals surface area (Å²) in [5.41, 5.74) is 1.34. The van der Waals surface area contributed by atoms with Gasteiger partial charge in [-0.05, 0) is 42.0 Å². The van der Waals surface area contributed by atoms with Crippen molar-refractivity contribution in [1.82, 2.24) is 4.31 Å². The molecule has 0 amide bonds. The van der Waals surface area contributed by atoms with E-state index in [2.05, 4.69) is 10.2 Å². The molecule has 1 aliphatic rings. The minimum absolute atomic E-state index is 0.0307. The van der Waals surface area contributed by atoms with Crippen molar-refractivity contribution in [3.05, 3.63) is 70.8 Å². The van der Waals surface area contributed by atoms with Crippen LogP contribution in [0.25, 0.3) is 10.8 Å². The molecule has 0 unspecified atom stereocenters. The third-order valence-electron chi connectivity index (χ3n) is 5.51. The normalized spacial score (nSPS) is 15.2. The third-order valence-corrected chi connectivity index (χ3v) is 7.40. The van der Waals surface area contributed by atoms with Gasteiger partial charge in [-0.15, -0.1) is 0 Å². The molecule has 0 aromatic heterocycles. The van der Waals surface area contributed by atoms with E-state index < -0.39 is 14.9 Å². The molecule has 0 radical (unpaired) electrons. The second-order valence-corrected chi connectivity index (χ2v) is 9.33. The molecule has 4 rings (SSSR count). The maximum absolute atomic E-state index is 13.2. The Morgan fingerprint density at radius 3 is 2.35 bits per heavy atom. The van der Waals surface area contributed by atoms with Gasteiger partial charge in [0.05, 0.1) is 9.82 Å². The lowest BCUT2D eigenvalue weighted by Gasteiger charge is -2.35. The molecule has 0 spiro atoms. The number of benzene rings is 3. The Labute approximate surface area is 181 Å². The molecule has 1 fully saturated rings. The summed E-state index contributed by atoms with van der Waals surface area (Å²) in [6.45, 7) is 4.17. The molecule has 0 aliphatic carbocycles. The Morgan fingerprint density at radius 2 is 1.68 bits per heavy atom. The van der Waals surface area contributed by atoms with Crippen molar-refractivity contribution in [3.8, 4) is 0 Å². The Balaban J connectivity index is 1.51. The lowest BCUT2D eigenvalue weighted by atomic mass is 10.1. The van der Waals surface area contributed by atoms with Gasteiger partial charge in [0.1, 0.15) is 5.69 Å². The Bertz CT molecular complexity index is 1220. The highest BCUT2D eigenvalue weighted by Gasteiger charge is 2.29. The molecule has 3 aromatic carbocycles. The number of rotatable bonds is 6. The first-order valence-electron chi connectivity index (χ1n) is 10.2. The van der Waals surface area contributed by atoms with Crippen molar-refractivity contribution < 1.29 is 13.3 Å². The first-order chi connectivity index (χ1) is 14.9. The van der Waals surface area contributed by atoms with Gasteiger partial charge in [-0.1, -0.05) is 30.3 Å². The smallest absolute Gasteiger partial charge is 0.292 e. The molecule has 1 N–H and O–H groups in total. The summed E-state index contributed by atoms with van der Waals surface area (Å²) in [5.74, 6) is 0. The van der Waals surface area contributed by atoms with Crippen LogP contribution in [0, 0.1) is 10.1 Å². The molecule has 9 heteroatoms. The number of nitro benzene ring substituents is 1. The van der Waals surface area contributed by atoms with E-state index >= 15 is 0 Å². The van der Waals surface area contributed by atoms with E-state index in [9.17, 15) is 18.5 Å². The Morgan fingerprint density at radius 1 is 0.968 bits per heavy atom. The van der Waals surface area contributed by atoms with Gasteiger partial charge in [0.15, 0.2) is 0 Å². The van der Waals surface area contributed by atoms with Crippen LogP contribution in [0.2, 0.25) is 0 Å². The van der Waals surface area contributed by atoms with E-state index in [-0.39, 0.29) is 5.69 Å². The fourth-order valence-electron chi connectivity index (χ4n) is 3.88. The van der Waals surface area contributed by atoms with Crippen LogP contribution in [0.1, 0.15) is 6.92 Å². The number of nitrogens with zero attached hydrogens (tertiary/aromatic N) is 3. The van der Waals surface area contributed by atoms with Crippen LogP contribution in [0.3, 0.4) is 0 Å². The molecule has 0 atom stereocenters. The molecule has 8 nitrogen and oxygen atoms in total. The molecule has 1 saturated heterocycles. The maximum atomic E-state index is 13.2. The van der Waals surface area contributed by atoms with Gasteiger partial charge in [0, 0.05) is 44.5 Å². The molecule has 162 valence electrons. The van der Waals surface area contributed by atoms with Crippen LogP contribution in [-0.4, -0.2) is 50.4 Å². The quantitative estimate of drug-likeness (QED) is 0.464. The predicted molar refractivity (Wildman–Crippen MR) is 122 cm³/mol. The first-order valence-corrected chi connectivity index (χ1v) is 11.6. The van der Waals surface area contributed by atoms with Crippen LogP contribution in [0.5, 0.6) is 0 Å². The summed E-state index contributed by atoms with van der Waals surface area (Å²) in [7, 11) is -3.59. The summed E-state index contributed by atoms with van der Waals surface area (Å²) < 4.78 is 27.8. The van der Waals surface area contributed by atoms with Crippen LogP contribution in [-0.2, 0) is 10.0 Å². The van der Waals surface area contributed by atoms with Crippen LogP contribution >= 0.6 is 0 Å². The zero-order valence-corrected chi connectivity index (χ0v) is 18.0. The first kappa shape index (κ1) is 21.1. The van der Waals surface area contributed by atoms with E-state index in [1.54, 1.807) is 24.3 Å². The third kappa shape index (κ3) is 4.19. The second-order valence-electron chi connectivity index (χ2n) is 7.39. The fraction of sp³-hybridized carbons (Fsp3) is 0.273. The minimum Gasteiger partial charge on any atom is -0.380 e. The summed E-state index contributed by atoms with van der Waals surface area (Å²) in [6.07, 6.45) is 0. The predicted octanol–water partition coefficient (Wildman–Crippen LogP) is 3.69. The topological polar surface area (TPSA) is 95.8 Å². The highest BCUT2D eigenvalue weighted by Crippen LogP contribution is 2.31. The highest BCUT2D eigenvalue weighted by molar-refractivity contribution is 7.89. The number of piperazine rings is 1. The molecular formula is C22H24N4O4S. The molecule has 3 aromatic rings. The number of nitro groups is 1. The highest BCUT2D eigenvalue weighted by atomic mass is 32.2. The lowest BCUT2D eigenvalue weighted by Crippen LogP contribution is -2.48. The van der Waals surface area contributed by atoms with Gasteiger partial charge in [0.25, 0.3) is 5.69 Å². The second kappa shape index (κ2) is 8.52. The van der Waals surface area contributed by atoms with Crippen molar-refractivity contribution in [2.45, 2.75) is 11.8 Å². The van der Waals surface area contributed by atoms with Gasteiger partial charge < -0.3 is 10.2 Å². The molecular weight excluding hydrogens is 416 g/mol. The molecule has 0 saturated carbocycles. The average Bonchev–Trinajstić information content (AvgIpc) is 2.79. The molecule has 31 heavy (non-hydrogen) atoms. The summed E-state index contributed by atoms with van der Waals surface area (Å²) in [6, 6.07) is 17.8. The van der Waals surface area contributed by atoms with Crippen LogP contribution in [0.4, 0.5) is 17.1 Å². The van der Waals surface area contributed by atoms with E-state index in [4.69, 9.17) is 0 Å². The number of anilines is 2. The van der Waals surface area contributed by atoms with Crippen molar-refractivity contribution >= 4 is 37.9 Å². The van der Waals surface area contributed by atoms with E-state index in [1.165, 1.54) is 10.4 Å². The molecule has 1 aliphatic heterocycles. The lowest BCUT2D eigenvalue weighted by molar-refractivity contribution is -0.383. The van der Waals surface area contributed by atoms with E-state index in [1.807, 2.05) is 37.3 Å². The Hall–Kier alpha value is -3.17. The van der Waals surface area contributed by atoms with Gasteiger partial charge in [-0.2, -0.15) is 4.31 Å². The van der Waals surface area contributed by atoms with Crippen molar-refractivity contribution in [3.63, 3.8) is 0 Å². The largest absolute Gasteiger partial charge is 0.380 e. The maximum Gasteiger partial charge on any atom is 0.292 e.